The van der Waals surface area contributed by atoms with Crippen LogP contribution in [0.25, 0.3) is 0 Å². The summed E-state index contributed by atoms with van der Waals surface area (Å²) in [7, 11) is 0. The molecule has 1 N–H and O–H groups in total. The maximum absolute atomic E-state index is 12.2. The van der Waals surface area contributed by atoms with Gasteiger partial charge in [-0.25, -0.2) is 0 Å². The predicted octanol–water partition coefficient (Wildman–Crippen LogP) is 3.56. The highest BCUT2D eigenvalue weighted by atomic mass is 32.2. The van der Waals surface area contributed by atoms with Gasteiger partial charge in [0.25, 0.3) is 0 Å². The van der Waals surface area contributed by atoms with Crippen LogP contribution in [0.2, 0.25) is 0 Å². The molecule has 4 heteroatoms. The van der Waals surface area contributed by atoms with Gasteiger partial charge in [-0.05, 0) is 50.3 Å². The minimum Gasteiger partial charge on any atom is -0.489 e. The topological polar surface area (TPSA) is 38.3 Å². The highest BCUT2D eigenvalue weighted by Gasteiger charge is 2.22. The number of anilines is 1. The number of benzene rings is 1. The molecule has 1 fully saturated rings. The normalized spacial score (nSPS) is 16.4. The number of hydrogen-bond donors (Lipinski definition) is 1. The highest BCUT2D eigenvalue weighted by Crippen LogP contribution is 2.28. The summed E-state index contributed by atoms with van der Waals surface area (Å²) in [6.45, 7) is 3.97. The van der Waals surface area contributed by atoms with E-state index in [1.165, 1.54) is 0 Å². The van der Waals surface area contributed by atoms with Crippen LogP contribution in [0.5, 0.6) is 5.75 Å². The van der Waals surface area contributed by atoms with E-state index in [1.54, 1.807) is 0 Å². The van der Waals surface area contributed by atoms with Crippen molar-refractivity contribution in [2.24, 2.45) is 5.92 Å². The number of rotatable bonds is 4. The number of hydrogen-bond acceptors (Lipinski definition) is 3. The molecule has 104 valence electrons. The van der Waals surface area contributed by atoms with Gasteiger partial charge in [0, 0.05) is 5.92 Å². The monoisotopic (exact) mass is 279 g/mol. The van der Waals surface area contributed by atoms with Crippen molar-refractivity contribution in [2.75, 3.05) is 16.8 Å². The lowest BCUT2D eigenvalue weighted by molar-refractivity contribution is -0.120. The van der Waals surface area contributed by atoms with Crippen molar-refractivity contribution in [3.05, 3.63) is 24.3 Å². The summed E-state index contributed by atoms with van der Waals surface area (Å²) >= 11 is 1.93. The molecule has 1 aromatic rings. The van der Waals surface area contributed by atoms with Crippen molar-refractivity contribution in [3.63, 3.8) is 0 Å². The molecule has 1 heterocycles. The number of ether oxygens (including phenoxy) is 1. The van der Waals surface area contributed by atoms with E-state index < -0.39 is 0 Å². The third-order valence-corrected chi connectivity index (χ3v) is 4.15. The summed E-state index contributed by atoms with van der Waals surface area (Å²) in [5, 5.41) is 3.01. The third-order valence-electron chi connectivity index (χ3n) is 3.10. The Balaban J connectivity index is 2.03. The zero-order valence-corrected chi connectivity index (χ0v) is 12.3. The molecule has 3 nitrogen and oxygen atoms in total. The Morgan fingerprint density at radius 3 is 2.68 bits per heavy atom. The van der Waals surface area contributed by atoms with Crippen molar-refractivity contribution < 1.29 is 9.53 Å². The first-order chi connectivity index (χ1) is 9.16. The number of thioether (sulfide) groups is 1. The lowest BCUT2D eigenvalue weighted by atomic mass is 10.0. The van der Waals surface area contributed by atoms with Gasteiger partial charge in [-0.2, -0.15) is 11.8 Å². The standard InChI is InChI=1S/C15H21NO2S/c1-11(2)18-14-6-4-3-5-13(14)16-15(17)12-7-9-19-10-8-12/h3-6,11-12H,7-10H2,1-2H3,(H,16,17). The molecular formula is C15H21NO2S. The zero-order valence-electron chi connectivity index (χ0n) is 11.5. The molecule has 1 aliphatic heterocycles. The van der Waals surface area contributed by atoms with Crippen LogP contribution in [-0.2, 0) is 4.79 Å². The summed E-state index contributed by atoms with van der Waals surface area (Å²) < 4.78 is 5.71. The van der Waals surface area contributed by atoms with Crippen molar-refractivity contribution in [2.45, 2.75) is 32.8 Å². The predicted molar refractivity (Wildman–Crippen MR) is 80.9 cm³/mol. The Labute approximate surface area is 119 Å². The van der Waals surface area contributed by atoms with Crippen molar-refractivity contribution in [1.29, 1.82) is 0 Å². The fourth-order valence-corrected chi connectivity index (χ4v) is 3.23. The molecule has 0 unspecified atom stereocenters. The molecular weight excluding hydrogens is 258 g/mol. The minimum absolute atomic E-state index is 0.101. The zero-order chi connectivity index (χ0) is 13.7. The van der Waals surface area contributed by atoms with E-state index in [-0.39, 0.29) is 17.9 Å². The Morgan fingerprint density at radius 2 is 2.00 bits per heavy atom. The number of carbonyl (C=O) groups is 1. The van der Waals surface area contributed by atoms with Crippen LogP contribution < -0.4 is 10.1 Å². The molecule has 0 aromatic heterocycles. The van der Waals surface area contributed by atoms with Gasteiger partial charge in [-0.3, -0.25) is 4.79 Å². The van der Waals surface area contributed by atoms with Gasteiger partial charge in [0.1, 0.15) is 5.75 Å². The Hall–Kier alpha value is -1.16. The Morgan fingerprint density at radius 1 is 1.32 bits per heavy atom. The number of para-hydroxylation sites is 2. The van der Waals surface area contributed by atoms with E-state index in [1.807, 2.05) is 49.9 Å². The lowest BCUT2D eigenvalue weighted by Gasteiger charge is -2.21. The van der Waals surface area contributed by atoms with Gasteiger partial charge in [0.2, 0.25) is 5.91 Å². The Kier molecular flexibility index (Phi) is 5.14. The van der Waals surface area contributed by atoms with Crippen LogP contribution in [0, 0.1) is 5.92 Å². The minimum atomic E-state index is 0.101. The van der Waals surface area contributed by atoms with E-state index in [0.717, 1.165) is 35.8 Å². The second-order valence-electron chi connectivity index (χ2n) is 5.04. The largest absolute Gasteiger partial charge is 0.489 e. The van der Waals surface area contributed by atoms with Crippen LogP contribution in [0.4, 0.5) is 5.69 Å². The van der Waals surface area contributed by atoms with Gasteiger partial charge in [0.05, 0.1) is 11.8 Å². The summed E-state index contributed by atoms with van der Waals surface area (Å²) in [5.74, 6) is 3.19. The van der Waals surface area contributed by atoms with Crippen LogP contribution >= 0.6 is 11.8 Å². The average Bonchev–Trinajstić information content (AvgIpc) is 2.41. The van der Waals surface area contributed by atoms with E-state index >= 15 is 0 Å². The summed E-state index contributed by atoms with van der Waals surface area (Å²) in [4.78, 5) is 12.2. The number of amides is 1. The van der Waals surface area contributed by atoms with Gasteiger partial charge < -0.3 is 10.1 Å². The molecule has 0 atom stereocenters. The first-order valence-corrected chi connectivity index (χ1v) is 7.96. The average molecular weight is 279 g/mol. The highest BCUT2D eigenvalue weighted by molar-refractivity contribution is 7.99. The summed E-state index contributed by atoms with van der Waals surface area (Å²) in [5.41, 5.74) is 0.777. The maximum atomic E-state index is 12.2. The quantitative estimate of drug-likeness (QED) is 0.916. The molecule has 19 heavy (non-hydrogen) atoms. The fraction of sp³-hybridized carbons (Fsp3) is 0.533. The van der Waals surface area contributed by atoms with Crippen molar-refractivity contribution in [3.8, 4) is 5.75 Å². The van der Waals surface area contributed by atoms with Gasteiger partial charge in [-0.15, -0.1) is 0 Å². The SMILES string of the molecule is CC(C)Oc1ccccc1NC(=O)C1CCSCC1. The molecule has 0 radical (unpaired) electrons. The second kappa shape index (κ2) is 6.85. The molecule has 2 rings (SSSR count). The van der Waals surface area contributed by atoms with E-state index in [9.17, 15) is 4.79 Å². The molecule has 0 aliphatic carbocycles. The molecule has 0 spiro atoms. The lowest BCUT2D eigenvalue weighted by Crippen LogP contribution is -2.26. The molecule has 1 amide bonds. The van der Waals surface area contributed by atoms with E-state index in [4.69, 9.17) is 4.74 Å². The maximum Gasteiger partial charge on any atom is 0.227 e. The van der Waals surface area contributed by atoms with Gasteiger partial charge >= 0.3 is 0 Å². The number of carbonyl (C=O) groups excluding carboxylic acids is 1. The van der Waals surface area contributed by atoms with E-state index in [0.29, 0.717) is 0 Å². The molecule has 1 aliphatic rings. The van der Waals surface area contributed by atoms with Crippen LogP contribution in [0.1, 0.15) is 26.7 Å². The summed E-state index contributed by atoms with van der Waals surface area (Å²) in [6, 6.07) is 7.63. The second-order valence-corrected chi connectivity index (χ2v) is 6.26. The number of nitrogens with one attached hydrogen (secondary N) is 1. The summed E-state index contributed by atoms with van der Waals surface area (Å²) in [6.07, 6.45) is 2.05. The molecule has 1 aromatic carbocycles. The van der Waals surface area contributed by atoms with Crippen LogP contribution in [0.3, 0.4) is 0 Å². The molecule has 1 saturated heterocycles. The van der Waals surface area contributed by atoms with Crippen LogP contribution in [0.15, 0.2) is 24.3 Å². The smallest absolute Gasteiger partial charge is 0.227 e. The molecule has 0 saturated carbocycles. The van der Waals surface area contributed by atoms with Crippen molar-refractivity contribution in [1.82, 2.24) is 0 Å². The first kappa shape index (κ1) is 14.3. The van der Waals surface area contributed by atoms with Gasteiger partial charge in [-0.1, -0.05) is 12.1 Å². The van der Waals surface area contributed by atoms with Crippen LogP contribution in [-0.4, -0.2) is 23.5 Å². The van der Waals surface area contributed by atoms with Gasteiger partial charge in [0.15, 0.2) is 0 Å². The van der Waals surface area contributed by atoms with Crippen molar-refractivity contribution >= 4 is 23.4 Å². The Bertz CT molecular complexity index is 428. The third kappa shape index (κ3) is 4.16. The fourth-order valence-electron chi connectivity index (χ4n) is 2.12. The first-order valence-electron chi connectivity index (χ1n) is 6.81. The molecule has 0 bridgehead atoms. The van der Waals surface area contributed by atoms with E-state index in [2.05, 4.69) is 5.32 Å².